The summed E-state index contributed by atoms with van der Waals surface area (Å²) >= 11 is 1.24. The van der Waals surface area contributed by atoms with E-state index in [1.807, 2.05) is 0 Å². The number of carbonyl (C=O) groups is 2. The molecule has 23 heavy (non-hydrogen) atoms. The molecular weight excluding hydrogens is 317 g/mol. The van der Waals surface area contributed by atoms with Crippen LogP contribution in [0.15, 0.2) is 24.3 Å². The molecule has 116 valence electrons. The first-order valence-electron chi connectivity index (χ1n) is 6.96. The zero-order valence-electron chi connectivity index (χ0n) is 12.0. The maximum Gasteiger partial charge on any atom is 0.324 e. The van der Waals surface area contributed by atoms with Gasteiger partial charge in [-0.05, 0) is 30.2 Å². The summed E-state index contributed by atoms with van der Waals surface area (Å²) in [5, 5.41) is 14.9. The highest BCUT2D eigenvalue weighted by Gasteiger charge is 2.25. The molecule has 0 unspecified atom stereocenters. The van der Waals surface area contributed by atoms with E-state index in [0.29, 0.717) is 35.5 Å². The molecule has 3 rings (SSSR count). The minimum absolute atomic E-state index is 0.138. The Hall–Kier alpha value is -2.72. The number of Topliss-reactive ketones (excluding diaryl/α,β-unsaturated/α-hetero) is 1. The summed E-state index contributed by atoms with van der Waals surface area (Å²) in [6.45, 7) is 0. The molecule has 1 aliphatic carbocycles. The van der Waals surface area contributed by atoms with E-state index in [4.69, 9.17) is 0 Å². The van der Waals surface area contributed by atoms with Crippen LogP contribution >= 0.6 is 11.3 Å². The van der Waals surface area contributed by atoms with Crippen LogP contribution in [-0.2, 0) is 17.6 Å². The van der Waals surface area contributed by atoms with Crippen LogP contribution in [0.3, 0.4) is 0 Å². The number of amides is 2. The van der Waals surface area contributed by atoms with Gasteiger partial charge in [0.2, 0.25) is 0 Å². The SMILES string of the molecule is N#Cc1c(NC(=O)Nc2cccc(F)c2)sc2c1CCC(=O)C2. The van der Waals surface area contributed by atoms with Crippen LogP contribution in [-0.4, -0.2) is 11.8 Å². The number of hydrogen-bond donors (Lipinski definition) is 2. The number of nitriles is 1. The van der Waals surface area contributed by atoms with Crippen molar-refractivity contribution >= 4 is 33.8 Å². The Bertz CT molecular complexity index is 838. The van der Waals surface area contributed by atoms with Crippen molar-refractivity contribution in [2.75, 3.05) is 10.6 Å². The van der Waals surface area contributed by atoms with E-state index in [1.165, 1.54) is 29.5 Å². The molecule has 0 aliphatic heterocycles. The van der Waals surface area contributed by atoms with Crippen molar-refractivity contribution in [2.45, 2.75) is 19.3 Å². The molecule has 2 N–H and O–H groups in total. The molecule has 1 aromatic heterocycles. The molecule has 1 heterocycles. The Labute approximate surface area is 135 Å². The number of anilines is 2. The lowest BCUT2D eigenvalue weighted by Crippen LogP contribution is -2.19. The number of ketones is 1. The Morgan fingerprint density at radius 2 is 2.13 bits per heavy atom. The normalized spacial score (nSPS) is 13.1. The summed E-state index contributed by atoms with van der Waals surface area (Å²) in [6.07, 6.45) is 1.26. The van der Waals surface area contributed by atoms with Gasteiger partial charge in [0.15, 0.2) is 0 Å². The quantitative estimate of drug-likeness (QED) is 0.885. The van der Waals surface area contributed by atoms with Crippen LogP contribution in [0.2, 0.25) is 0 Å². The lowest BCUT2D eigenvalue weighted by atomic mass is 9.95. The third kappa shape index (κ3) is 3.22. The summed E-state index contributed by atoms with van der Waals surface area (Å²) < 4.78 is 13.1. The fraction of sp³-hybridized carbons (Fsp3) is 0.188. The third-order valence-electron chi connectivity index (χ3n) is 3.52. The predicted molar refractivity (Wildman–Crippen MR) is 85.1 cm³/mol. The van der Waals surface area contributed by atoms with Gasteiger partial charge in [-0.3, -0.25) is 10.1 Å². The molecule has 0 bridgehead atoms. The van der Waals surface area contributed by atoms with Crippen molar-refractivity contribution in [1.82, 2.24) is 0 Å². The number of benzene rings is 1. The van der Waals surface area contributed by atoms with Crippen LogP contribution in [0.25, 0.3) is 0 Å². The maximum atomic E-state index is 13.1. The lowest BCUT2D eigenvalue weighted by Gasteiger charge is -2.09. The van der Waals surface area contributed by atoms with E-state index < -0.39 is 11.8 Å². The summed E-state index contributed by atoms with van der Waals surface area (Å²) in [5.74, 6) is -0.315. The number of halogens is 1. The lowest BCUT2D eigenvalue weighted by molar-refractivity contribution is -0.118. The number of carbonyl (C=O) groups excluding carboxylic acids is 2. The number of nitrogens with zero attached hydrogens (tertiary/aromatic N) is 1. The first kappa shape index (κ1) is 15.2. The minimum Gasteiger partial charge on any atom is -0.308 e. The van der Waals surface area contributed by atoms with E-state index in [-0.39, 0.29) is 5.78 Å². The van der Waals surface area contributed by atoms with Gasteiger partial charge in [0, 0.05) is 23.4 Å². The first-order chi connectivity index (χ1) is 11.1. The van der Waals surface area contributed by atoms with Crippen LogP contribution in [0.4, 0.5) is 19.9 Å². The van der Waals surface area contributed by atoms with E-state index in [0.717, 1.165) is 10.4 Å². The monoisotopic (exact) mass is 329 g/mol. The highest BCUT2D eigenvalue weighted by atomic mass is 32.1. The average Bonchev–Trinajstić information content (AvgIpc) is 2.82. The Morgan fingerprint density at radius 3 is 2.87 bits per heavy atom. The summed E-state index contributed by atoms with van der Waals surface area (Å²) in [7, 11) is 0. The number of thiophene rings is 1. The van der Waals surface area contributed by atoms with Gasteiger partial charge >= 0.3 is 6.03 Å². The van der Waals surface area contributed by atoms with Gasteiger partial charge in [-0.1, -0.05) is 6.07 Å². The zero-order valence-corrected chi connectivity index (χ0v) is 12.8. The van der Waals surface area contributed by atoms with Gasteiger partial charge in [0.05, 0.1) is 5.56 Å². The van der Waals surface area contributed by atoms with Gasteiger partial charge < -0.3 is 5.32 Å². The molecule has 2 aromatic rings. The molecule has 0 atom stereocenters. The minimum atomic E-state index is -0.558. The van der Waals surface area contributed by atoms with Crippen molar-refractivity contribution in [3.8, 4) is 6.07 Å². The van der Waals surface area contributed by atoms with Crippen LogP contribution in [0.5, 0.6) is 0 Å². The van der Waals surface area contributed by atoms with Crippen LogP contribution in [0, 0.1) is 17.1 Å². The third-order valence-corrected chi connectivity index (χ3v) is 4.67. The fourth-order valence-electron chi connectivity index (χ4n) is 2.49. The summed E-state index contributed by atoms with van der Waals surface area (Å²) in [6, 6.07) is 7.06. The molecule has 5 nitrogen and oxygen atoms in total. The first-order valence-corrected chi connectivity index (χ1v) is 7.78. The molecule has 2 amide bonds. The van der Waals surface area contributed by atoms with Crippen LogP contribution in [0.1, 0.15) is 22.4 Å². The van der Waals surface area contributed by atoms with Crippen molar-refractivity contribution < 1.29 is 14.0 Å². The van der Waals surface area contributed by atoms with E-state index >= 15 is 0 Å². The molecule has 1 aromatic carbocycles. The average molecular weight is 329 g/mol. The number of rotatable bonds is 2. The number of nitrogens with one attached hydrogen (secondary N) is 2. The largest absolute Gasteiger partial charge is 0.324 e. The van der Waals surface area contributed by atoms with E-state index in [9.17, 15) is 19.2 Å². The topological polar surface area (TPSA) is 82.0 Å². The molecule has 0 fully saturated rings. The second-order valence-electron chi connectivity index (χ2n) is 5.12. The number of hydrogen-bond acceptors (Lipinski definition) is 4. The Balaban J connectivity index is 1.79. The number of urea groups is 1. The van der Waals surface area contributed by atoms with E-state index in [2.05, 4.69) is 16.7 Å². The van der Waals surface area contributed by atoms with Crippen molar-refractivity contribution in [3.63, 3.8) is 0 Å². The Morgan fingerprint density at radius 1 is 1.30 bits per heavy atom. The highest BCUT2D eigenvalue weighted by Crippen LogP contribution is 2.36. The van der Waals surface area contributed by atoms with Gasteiger partial charge in [-0.25, -0.2) is 9.18 Å². The van der Waals surface area contributed by atoms with Crippen molar-refractivity contribution in [3.05, 3.63) is 46.1 Å². The standard InChI is InChI=1S/C16H12FN3O2S/c17-9-2-1-3-10(6-9)19-16(22)20-15-13(8-18)12-5-4-11(21)7-14(12)23-15/h1-3,6H,4-5,7H2,(H2,19,20,22). The van der Waals surface area contributed by atoms with Gasteiger partial charge in [0.1, 0.15) is 22.7 Å². The highest BCUT2D eigenvalue weighted by molar-refractivity contribution is 7.16. The molecular formula is C16H12FN3O2S. The van der Waals surface area contributed by atoms with Gasteiger partial charge in [-0.15, -0.1) is 11.3 Å². The molecule has 7 heteroatoms. The van der Waals surface area contributed by atoms with Gasteiger partial charge in [0.25, 0.3) is 0 Å². The molecule has 1 aliphatic rings. The maximum absolute atomic E-state index is 13.1. The second-order valence-corrected chi connectivity index (χ2v) is 6.23. The Kier molecular flexibility index (Phi) is 4.08. The fourth-order valence-corrected chi connectivity index (χ4v) is 3.71. The molecule has 0 spiro atoms. The molecule has 0 saturated heterocycles. The summed E-state index contributed by atoms with van der Waals surface area (Å²) in [5.41, 5.74) is 1.57. The predicted octanol–water partition coefficient (Wildman–Crippen LogP) is 3.46. The second kappa shape index (κ2) is 6.18. The number of fused-ring (bicyclic) bond motifs is 1. The smallest absolute Gasteiger partial charge is 0.308 e. The van der Waals surface area contributed by atoms with Crippen molar-refractivity contribution in [2.24, 2.45) is 0 Å². The molecule has 0 radical (unpaired) electrons. The van der Waals surface area contributed by atoms with Crippen LogP contribution < -0.4 is 10.6 Å². The molecule has 0 saturated carbocycles. The van der Waals surface area contributed by atoms with E-state index in [1.54, 1.807) is 6.07 Å². The van der Waals surface area contributed by atoms with Crippen molar-refractivity contribution in [1.29, 1.82) is 5.26 Å². The zero-order chi connectivity index (χ0) is 16.4. The summed E-state index contributed by atoms with van der Waals surface area (Å²) in [4.78, 5) is 24.4. The van der Waals surface area contributed by atoms with Gasteiger partial charge in [-0.2, -0.15) is 5.26 Å².